The molecule has 0 unspecified atom stereocenters. The van der Waals surface area contributed by atoms with Gasteiger partial charge in [-0.3, -0.25) is 0 Å². The number of benzene rings is 2. The second-order valence-corrected chi connectivity index (χ2v) is 6.98. The number of halogens is 1. The van der Waals surface area contributed by atoms with Crippen molar-refractivity contribution in [2.45, 2.75) is 33.7 Å². The molecule has 0 aromatic heterocycles. The number of hydrogen-bond acceptors (Lipinski definition) is 1. The Kier molecular flexibility index (Phi) is 6.03. The Labute approximate surface area is 149 Å². The number of anilines is 1. The maximum absolute atomic E-state index is 6.18. The number of thiocarbonyl (C=S) groups is 1. The smallest absolute Gasteiger partial charge is 0.171 e. The zero-order chi connectivity index (χ0) is 17.0. The zero-order valence-corrected chi connectivity index (χ0v) is 15.6. The molecule has 0 saturated heterocycles. The molecule has 0 saturated carbocycles. The van der Waals surface area contributed by atoms with Crippen LogP contribution in [0.25, 0.3) is 0 Å². The molecular formula is C19H23ClN2S. The summed E-state index contributed by atoms with van der Waals surface area (Å²) in [5.41, 5.74) is 4.63. The molecule has 2 aromatic carbocycles. The quantitative estimate of drug-likeness (QED) is 0.700. The highest BCUT2D eigenvalue weighted by Crippen LogP contribution is 2.26. The fraction of sp³-hybridized carbons (Fsp3) is 0.316. The number of rotatable bonds is 4. The summed E-state index contributed by atoms with van der Waals surface area (Å²) in [6, 6.07) is 14.3. The van der Waals surface area contributed by atoms with Gasteiger partial charge in [-0.15, -0.1) is 0 Å². The minimum Gasteiger partial charge on any atom is -0.355 e. The third kappa shape index (κ3) is 4.69. The van der Waals surface area contributed by atoms with Crippen LogP contribution in [-0.4, -0.2) is 5.11 Å². The first kappa shape index (κ1) is 17.8. The Morgan fingerprint density at radius 2 is 1.78 bits per heavy atom. The van der Waals surface area contributed by atoms with E-state index in [0.29, 0.717) is 16.1 Å². The summed E-state index contributed by atoms with van der Waals surface area (Å²) in [6.45, 7) is 8.63. The van der Waals surface area contributed by atoms with Crippen LogP contribution in [-0.2, 0) is 0 Å². The van der Waals surface area contributed by atoms with Gasteiger partial charge in [-0.1, -0.05) is 61.3 Å². The lowest BCUT2D eigenvalue weighted by atomic mass is 9.92. The van der Waals surface area contributed by atoms with Crippen LogP contribution < -0.4 is 10.6 Å². The Hall–Kier alpha value is -1.58. The predicted octanol–water partition coefficient (Wildman–Crippen LogP) is 5.64. The van der Waals surface area contributed by atoms with Crippen molar-refractivity contribution in [3.05, 3.63) is 64.2 Å². The lowest BCUT2D eigenvalue weighted by Crippen LogP contribution is -2.35. The molecule has 23 heavy (non-hydrogen) atoms. The van der Waals surface area contributed by atoms with Gasteiger partial charge in [-0.25, -0.2) is 0 Å². The summed E-state index contributed by atoms with van der Waals surface area (Å²) in [5, 5.41) is 7.85. The normalized spacial score (nSPS) is 12.1. The van der Waals surface area contributed by atoms with Gasteiger partial charge in [-0.2, -0.15) is 0 Å². The van der Waals surface area contributed by atoms with Crippen molar-refractivity contribution in [2.75, 3.05) is 5.32 Å². The first-order valence-electron chi connectivity index (χ1n) is 7.77. The minimum atomic E-state index is 0.151. The fourth-order valence-electron chi connectivity index (χ4n) is 2.64. The maximum Gasteiger partial charge on any atom is 0.171 e. The monoisotopic (exact) mass is 346 g/mol. The van der Waals surface area contributed by atoms with Gasteiger partial charge >= 0.3 is 0 Å². The van der Waals surface area contributed by atoms with Crippen molar-refractivity contribution in [3.8, 4) is 0 Å². The SMILES string of the molecule is Cc1ccc([C@H](NC(=S)Nc2ccccc2Cl)C(C)C)c(C)c1. The molecule has 0 amide bonds. The highest BCUT2D eigenvalue weighted by Gasteiger charge is 2.19. The van der Waals surface area contributed by atoms with Gasteiger partial charge in [-0.05, 0) is 55.2 Å². The highest BCUT2D eigenvalue weighted by molar-refractivity contribution is 7.80. The lowest BCUT2D eigenvalue weighted by molar-refractivity contribution is 0.471. The average Bonchev–Trinajstić information content (AvgIpc) is 2.48. The minimum absolute atomic E-state index is 0.151. The van der Waals surface area contributed by atoms with E-state index in [0.717, 1.165) is 5.69 Å². The first-order chi connectivity index (χ1) is 10.9. The molecule has 0 bridgehead atoms. The van der Waals surface area contributed by atoms with Gasteiger partial charge in [0.05, 0.1) is 16.8 Å². The van der Waals surface area contributed by atoms with Crippen LogP contribution in [0.2, 0.25) is 5.02 Å². The molecular weight excluding hydrogens is 324 g/mol. The first-order valence-corrected chi connectivity index (χ1v) is 8.56. The van der Waals surface area contributed by atoms with Gasteiger partial charge in [0.15, 0.2) is 5.11 Å². The van der Waals surface area contributed by atoms with Crippen LogP contribution in [0.5, 0.6) is 0 Å². The Morgan fingerprint density at radius 1 is 1.09 bits per heavy atom. The van der Waals surface area contributed by atoms with E-state index in [1.165, 1.54) is 16.7 Å². The molecule has 0 radical (unpaired) electrons. The second kappa shape index (κ2) is 7.80. The molecule has 2 rings (SSSR count). The van der Waals surface area contributed by atoms with Crippen LogP contribution in [0.4, 0.5) is 5.69 Å². The van der Waals surface area contributed by atoms with E-state index < -0.39 is 0 Å². The lowest BCUT2D eigenvalue weighted by Gasteiger charge is -2.26. The second-order valence-electron chi connectivity index (χ2n) is 6.16. The van der Waals surface area contributed by atoms with E-state index in [2.05, 4.69) is 56.5 Å². The number of aryl methyl sites for hydroxylation is 2. The third-order valence-corrected chi connectivity index (χ3v) is 4.39. The van der Waals surface area contributed by atoms with E-state index in [4.69, 9.17) is 23.8 Å². The van der Waals surface area contributed by atoms with E-state index in [1.54, 1.807) is 0 Å². The summed E-state index contributed by atoms with van der Waals surface area (Å²) in [5.74, 6) is 0.405. The van der Waals surface area contributed by atoms with Crippen LogP contribution in [0, 0.1) is 19.8 Å². The topological polar surface area (TPSA) is 24.1 Å². The van der Waals surface area contributed by atoms with Crippen LogP contribution in [0.1, 0.15) is 36.6 Å². The summed E-state index contributed by atoms with van der Waals surface area (Å²) in [6.07, 6.45) is 0. The van der Waals surface area contributed by atoms with E-state index >= 15 is 0 Å². The largest absolute Gasteiger partial charge is 0.355 e. The predicted molar refractivity (Wildman–Crippen MR) is 104 cm³/mol. The van der Waals surface area contributed by atoms with Crippen LogP contribution in [0.15, 0.2) is 42.5 Å². The van der Waals surface area contributed by atoms with Gasteiger partial charge < -0.3 is 10.6 Å². The van der Waals surface area contributed by atoms with Crippen molar-refractivity contribution in [1.82, 2.24) is 5.32 Å². The zero-order valence-electron chi connectivity index (χ0n) is 14.0. The van der Waals surface area contributed by atoms with Crippen LogP contribution >= 0.6 is 23.8 Å². The third-order valence-electron chi connectivity index (χ3n) is 3.84. The van der Waals surface area contributed by atoms with Crippen molar-refractivity contribution in [3.63, 3.8) is 0 Å². The molecule has 0 heterocycles. The molecule has 0 aliphatic carbocycles. The molecule has 2 nitrogen and oxygen atoms in total. The van der Waals surface area contributed by atoms with Gasteiger partial charge in [0, 0.05) is 0 Å². The van der Waals surface area contributed by atoms with E-state index in [1.807, 2.05) is 24.3 Å². The molecule has 2 N–H and O–H groups in total. The van der Waals surface area contributed by atoms with Crippen molar-refractivity contribution >= 4 is 34.6 Å². The van der Waals surface area contributed by atoms with Gasteiger partial charge in [0.1, 0.15) is 0 Å². The molecule has 0 aliphatic heterocycles. The Morgan fingerprint density at radius 3 is 2.39 bits per heavy atom. The molecule has 0 spiro atoms. The van der Waals surface area contributed by atoms with Crippen molar-refractivity contribution < 1.29 is 0 Å². The van der Waals surface area contributed by atoms with Crippen LogP contribution in [0.3, 0.4) is 0 Å². The van der Waals surface area contributed by atoms with E-state index in [-0.39, 0.29) is 6.04 Å². The molecule has 0 fully saturated rings. The number of para-hydroxylation sites is 1. The molecule has 122 valence electrons. The van der Waals surface area contributed by atoms with Gasteiger partial charge in [0.25, 0.3) is 0 Å². The van der Waals surface area contributed by atoms with Gasteiger partial charge in [0.2, 0.25) is 0 Å². The molecule has 0 aliphatic rings. The Balaban J connectivity index is 2.16. The standard InChI is InChI=1S/C19H23ClN2S/c1-12(2)18(15-10-9-13(3)11-14(15)4)22-19(23)21-17-8-6-5-7-16(17)20/h5-12,18H,1-4H3,(H2,21,22,23)/t18-/m1/s1. The summed E-state index contributed by atoms with van der Waals surface area (Å²) < 4.78 is 0. The molecule has 2 aromatic rings. The summed E-state index contributed by atoms with van der Waals surface area (Å²) in [7, 11) is 0. The van der Waals surface area contributed by atoms with Crippen molar-refractivity contribution in [1.29, 1.82) is 0 Å². The van der Waals surface area contributed by atoms with Crippen molar-refractivity contribution in [2.24, 2.45) is 5.92 Å². The highest BCUT2D eigenvalue weighted by atomic mass is 35.5. The summed E-state index contributed by atoms with van der Waals surface area (Å²) >= 11 is 11.7. The van der Waals surface area contributed by atoms with E-state index in [9.17, 15) is 0 Å². The summed E-state index contributed by atoms with van der Waals surface area (Å²) in [4.78, 5) is 0. The maximum atomic E-state index is 6.18. The fourth-order valence-corrected chi connectivity index (χ4v) is 3.06. The molecule has 4 heteroatoms. The number of hydrogen-bond donors (Lipinski definition) is 2. The molecule has 1 atom stereocenters. The average molecular weight is 347 g/mol. The Bertz CT molecular complexity index is 698. The number of nitrogens with one attached hydrogen (secondary N) is 2.